The molecule has 0 aliphatic heterocycles. The van der Waals surface area contributed by atoms with Crippen molar-refractivity contribution in [2.24, 2.45) is 0 Å². The topological polar surface area (TPSA) is 126 Å². The third kappa shape index (κ3) is 1.70. The molecule has 0 aliphatic carbocycles. The third-order valence-corrected chi connectivity index (χ3v) is 2.88. The molecule has 4 aromatic heterocycles. The van der Waals surface area contributed by atoms with Crippen LogP contribution in [-0.4, -0.2) is 50.6 Å². The summed E-state index contributed by atoms with van der Waals surface area (Å²) in [6.07, 6.45) is 2.41. The lowest BCUT2D eigenvalue weighted by atomic mass is 10.2. The molecule has 0 aliphatic rings. The molecule has 4 rings (SSSR count). The maximum Gasteiger partial charge on any atom is 0.224 e. The minimum Gasteiger partial charge on any atom is -0.303 e. The zero-order valence-electron chi connectivity index (χ0n) is 10.1. The lowest BCUT2D eigenvalue weighted by Gasteiger charge is -2.01. The molecule has 0 saturated carbocycles. The van der Waals surface area contributed by atoms with Gasteiger partial charge in [0.1, 0.15) is 11.3 Å². The quantitative estimate of drug-likeness (QED) is 0.518. The van der Waals surface area contributed by atoms with Crippen LogP contribution in [-0.2, 0) is 6.42 Å². The number of fused-ring (bicyclic) bond motifs is 1. The second kappa shape index (κ2) is 4.19. The number of nitrogens with zero attached hydrogens (tertiary/aromatic N) is 8. The van der Waals surface area contributed by atoms with E-state index in [1.165, 1.54) is 0 Å². The summed E-state index contributed by atoms with van der Waals surface area (Å²) >= 11 is 0. The van der Waals surface area contributed by atoms with Gasteiger partial charge >= 0.3 is 0 Å². The largest absolute Gasteiger partial charge is 0.303 e. The highest BCUT2D eigenvalue weighted by molar-refractivity contribution is 5.55. The van der Waals surface area contributed by atoms with Crippen LogP contribution in [0.2, 0.25) is 0 Å². The van der Waals surface area contributed by atoms with Gasteiger partial charge in [-0.25, -0.2) is 4.98 Å². The first-order valence-corrected chi connectivity index (χ1v) is 5.83. The van der Waals surface area contributed by atoms with Gasteiger partial charge in [-0.05, 0) is 17.3 Å². The van der Waals surface area contributed by atoms with E-state index < -0.39 is 0 Å². The van der Waals surface area contributed by atoms with Crippen molar-refractivity contribution >= 4 is 5.65 Å². The van der Waals surface area contributed by atoms with Gasteiger partial charge in [-0.2, -0.15) is 10.4 Å². The Kier molecular flexibility index (Phi) is 2.25. The predicted octanol–water partition coefficient (Wildman–Crippen LogP) is -0.382. The molecule has 4 aromatic rings. The summed E-state index contributed by atoms with van der Waals surface area (Å²) in [6, 6.07) is 5.81. The Morgan fingerprint density at radius 2 is 1.95 bits per heavy atom. The SMILES string of the molecule is c1cc(Cc2nn[nH]n2)n2cc(-c3nn[nH]n3)nc2c1. The Hall–Kier alpha value is -3.17. The van der Waals surface area contributed by atoms with Crippen molar-refractivity contribution in [3.63, 3.8) is 0 Å². The van der Waals surface area contributed by atoms with Crippen molar-refractivity contribution in [2.75, 3.05) is 0 Å². The zero-order chi connectivity index (χ0) is 13.4. The normalized spacial score (nSPS) is 11.2. The van der Waals surface area contributed by atoms with Crippen LogP contribution in [0.25, 0.3) is 17.2 Å². The summed E-state index contributed by atoms with van der Waals surface area (Å²) in [7, 11) is 0. The number of pyridine rings is 1. The summed E-state index contributed by atoms with van der Waals surface area (Å²) in [5, 5.41) is 27.7. The molecule has 0 unspecified atom stereocenters. The maximum absolute atomic E-state index is 4.46. The molecule has 0 spiro atoms. The molecule has 0 fully saturated rings. The minimum absolute atomic E-state index is 0.458. The van der Waals surface area contributed by atoms with Crippen molar-refractivity contribution in [1.82, 2.24) is 50.6 Å². The van der Waals surface area contributed by atoms with Gasteiger partial charge in [0.2, 0.25) is 5.82 Å². The van der Waals surface area contributed by atoms with E-state index in [4.69, 9.17) is 0 Å². The smallest absolute Gasteiger partial charge is 0.224 e. The second-order valence-corrected chi connectivity index (χ2v) is 4.11. The number of aromatic amines is 2. The molecule has 2 N–H and O–H groups in total. The molecule has 20 heavy (non-hydrogen) atoms. The highest BCUT2D eigenvalue weighted by Gasteiger charge is 2.11. The Morgan fingerprint density at radius 3 is 2.75 bits per heavy atom. The number of hydrogen-bond donors (Lipinski definition) is 2. The van der Waals surface area contributed by atoms with Crippen LogP contribution >= 0.6 is 0 Å². The third-order valence-electron chi connectivity index (χ3n) is 2.88. The lowest BCUT2D eigenvalue weighted by molar-refractivity contribution is 0.881. The van der Waals surface area contributed by atoms with Crippen molar-refractivity contribution in [2.45, 2.75) is 6.42 Å². The Bertz CT molecular complexity index is 828. The van der Waals surface area contributed by atoms with Crippen LogP contribution < -0.4 is 0 Å². The maximum atomic E-state index is 4.46. The van der Waals surface area contributed by atoms with Crippen molar-refractivity contribution < 1.29 is 0 Å². The monoisotopic (exact) mass is 268 g/mol. The van der Waals surface area contributed by atoms with Crippen molar-refractivity contribution in [3.05, 3.63) is 35.9 Å². The van der Waals surface area contributed by atoms with Crippen molar-refractivity contribution in [1.29, 1.82) is 0 Å². The van der Waals surface area contributed by atoms with Gasteiger partial charge in [-0.15, -0.1) is 20.4 Å². The highest BCUT2D eigenvalue weighted by atomic mass is 15.5. The molecule has 0 atom stereocenters. The number of H-pyrrole nitrogens is 2. The van der Waals surface area contributed by atoms with Crippen LogP contribution in [0.5, 0.6) is 0 Å². The summed E-state index contributed by atoms with van der Waals surface area (Å²) < 4.78 is 1.95. The van der Waals surface area contributed by atoms with E-state index in [1.54, 1.807) is 0 Å². The predicted molar refractivity (Wildman–Crippen MR) is 65.3 cm³/mol. The van der Waals surface area contributed by atoms with Crippen LogP contribution in [0, 0.1) is 0 Å². The number of imidazole rings is 1. The molecule has 10 heteroatoms. The summed E-state index contributed by atoms with van der Waals surface area (Å²) in [6.45, 7) is 0. The fraction of sp³-hybridized carbons (Fsp3) is 0.100. The number of rotatable bonds is 3. The second-order valence-electron chi connectivity index (χ2n) is 4.11. The first-order valence-electron chi connectivity index (χ1n) is 5.83. The molecular weight excluding hydrogens is 260 g/mol. The average Bonchev–Trinajstić information content (AvgIpc) is 3.20. The number of nitrogens with one attached hydrogen (secondary N) is 2. The minimum atomic E-state index is 0.458. The van der Waals surface area contributed by atoms with Gasteiger partial charge in [-0.1, -0.05) is 11.3 Å². The zero-order valence-corrected chi connectivity index (χ0v) is 10.1. The van der Waals surface area contributed by atoms with Crippen molar-refractivity contribution in [3.8, 4) is 11.5 Å². The number of tetrazole rings is 2. The van der Waals surface area contributed by atoms with Crippen LogP contribution in [0.3, 0.4) is 0 Å². The van der Waals surface area contributed by atoms with E-state index in [-0.39, 0.29) is 0 Å². The summed E-state index contributed by atoms with van der Waals surface area (Å²) in [4.78, 5) is 4.46. The Morgan fingerprint density at radius 1 is 1.05 bits per heavy atom. The van der Waals surface area contributed by atoms with Gasteiger partial charge in [0.25, 0.3) is 0 Å². The molecule has 98 valence electrons. The van der Waals surface area contributed by atoms with E-state index >= 15 is 0 Å². The summed E-state index contributed by atoms with van der Waals surface area (Å²) in [5.41, 5.74) is 2.44. The van der Waals surface area contributed by atoms with Crippen LogP contribution in [0.4, 0.5) is 0 Å². The Labute approximate surface area is 111 Å². The average molecular weight is 268 g/mol. The highest BCUT2D eigenvalue weighted by Crippen LogP contribution is 2.16. The van der Waals surface area contributed by atoms with Gasteiger partial charge < -0.3 is 4.40 Å². The van der Waals surface area contributed by atoms with Crippen LogP contribution in [0.1, 0.15) is 11.5 Å². The van der Waals surface area contributed by atoms with Crippen LogP contribution in [0.15, 0.2) is 24.4 Å². The van der Waals surface area contributed by atoms with Gasteiger partial charge in [0.05, 0.1) is 6.42 Å². The van der Waals surface area contributed by atoms with E-state index in [2.05, 4.69) is 46.2 Å². The molecule has 0 radical (unpaired) electrons. The van der Waals surface area contributed by atoms with Gasteiger partial charge in [-0.3, -0.25) is 0 Å². The molecule has 4 heterocycles. The van der Waals surface area contributed by atoms with E-state index in [0.29, 0.717) is 23.8 Å². The molecule has 0 aromatic carbocycles. The lowest BCUT2D eigenvalue weighted by Crippen LogP contribution is -1.98. The fourth-order valence-electron chi connectivity index (χ4n) is 2.01. The van der Waals surface area contributed by atoms with Gasteiger partial charge in [0.15, 0.2) is 5.82 Å². The van der Waals surface area contributed by atoms with E-state index in [9.17, 15) is 0 Å². The Balaban J connectivity index is 1.81. The summed E-state index contributed by atoms with van der Waals surface area (Å²) in [5.74, 6) is 1.08. The van der Waals surface area contributed by atoms with E-state index in [1.807, 2.05) is 28.8 Å². The molecule has 0 saturated heterocycles. The first kappa shape index (κ1) is 10.7. The fourth-order valence-corrected chi connectivity index (χ4v) is 2.01. The first-order chi connectivity index (χ1) is 9.90. The molecule has 10 nitrogen and oxygen atoms in total. The van der Waals surface area contributed by atoms with Gasteiger partial charge in [0, 0.05) is 11.9 Å². The standard InChI is InChI=1S/C10H8N10/c1-2-6(4-8-12-16-17-13-8)20-5-7(11-9(20)3-1)10-14-18-19-15-10/h1-3,5H,4H2,(H,12,13,16,17)(H,14,15,18,19). The number of aromatic nitrogens is 10. The number of hydrogen-bond acceptors (Lipinski definition) is 7. The molecule has 0 amide bonds. The van der Waals surface area contributed by atoms with E-state index in [0.717, 1.165) is 11.3 Å². The molecular formula is C10H8N10. The molecule has 0 bridgehead atoms.